The van der Waals surface area contributed by atoms with E-state index in [9.17, 15) is 0 Å². The summed E-state index contributed by atoms with van der Waals surface area (Å²) < 4.78 is 6.10. The highest BCUT2D eigenvalue weighted by Gasteiger charge is 2.02. The monoisotopic (exact) mass is 246 g/mol. The molecule has 0 aliphatic carbocycles. The quantitative estimate of drug-likeness (QED) is 0.843. The van der Waals surface area contributed by atoms with Crippen LogP contribution >= 0.6 is 15.9 Å². The van der Waals surface area contributed by atoms with E-state index in [0.717, 1.165) is 10.0 Å². The highest BCUT2D eigenvalue weighted by atomic mass is 79.9. The molecule has 0 aliphatic heterocycles. The lowest BCUT2D eigenvalue weighted by atomic mass is 10.2. The Balaban J connectivity index is 2.81. The van der Waals surface area contributed by atoms with E-state index < -0.39 is 0 Å². The van der Waals surface area contributed by atoms with E-state index >= 15 is 0 Å². The Kier molecular flexibility index (Phi) is 4.21. The van der Waals surface area contributed by atoms with Crippen LogP contribution in [0.3, 0.4) is 0 Å². The summed E-state index contributed by atoms with van der Waals surface area (Å²) >= 11 is 3.29. The van der Waals surface area contributed by atoms with Crippen molar-refractivity contribution in [2.24, 2.45) is 0 Å². The topological polar surface area (TPSA) is 49.7 Å². The second kappa shape index (κ2) is 5.21. The first-order valence-corrected chi connectivity index (χ1v) is 4.70. The lowest BCUT2D eigenvalue weighted by molar-refractivity contribution is 0.195. The Hall–Kier alpha value is -0.580. The molecule has 0 aliphatic rings. The molecule has 1 aromatic carbocycles. The summed E-state index contributed by atoms with van der Waals surface area (Å²) in [6.45, 7) is 0.148. The van der Waals surface area contributed by atoms with E-state index in [1.165, 1.54) is 0 Å². The lowest BCUT2D eigenvalue weighted by Gasteiger charge is -2.08. The zero-order valence-corrected chi connectivity index (χ0v) is 8.62. The summed E-state index contributed by atoms with van der Waals surface area (Å²) in [5.74, 6) is 0.603. The number of halogens is 1. The van der Waals surface area contributed by atoms with Gasteiger partial charge < -0.3 is 14.9 Å². The molecule has 72 valence electrons. The summed E-state index contributed by atoms with van der Waals surface area (Å²) in [7, 11) is 0. The van der Waals surface area contributed by atoms with Crippen molar-refractivity contribution in [3.63, 3.8) is 0 Å². The normalized spacial score (nSPS) is 10.1. The van der Waals surface area contributed by atoms with Crippen molar-refractivity contribution >= 4 is 15.9 Å². The molecule has 0 unspecified atom stereocenters. The van der Waals surface area contributed by atoms with E-state index in [4.69, 9.17) is 14.9 Å². The van der Waals surface area contributed by atoms with Gasteiger partial charge in [-0.1, -0.05) is 22.0 Å². The van der Waals surface area contributed by atoms with E-state index in [0.29, 0.717) is 5.75 Å². The Labute approximate surface area is 85.1 Å². The maximum Gasteiger partial charge on any atom is 0.126 e. The molecule has 0 spiro atoms. The molecule has 4 heteroatoms. The van der Waals surface area contributed by atoms with Gasteiger partial charge >= 0.3 is 0 Å². The maximum atomic E-state index is 8.95. The molecule has 0 saturated carbocycles. The minimum atomic E-state index is -0.0615. The molecule has 1 rings (SSSR count). The third kappa shape index (κ3) is 2.99. The van der Waals surface area contributed by atoms with E-state index in [-0.39, 0.29) is 19.8 Å². The fourth-order valence-corrected chi connectivity index (χ4v) is 1.29. The van der Waals surface area contributed by atoms with Crippen LogP contribution in [0, 0.1) is 0 Å². The molecule has 0 amide bonds. The van der Waals surface area contributed by atoms with Crippen molar-refractivity contribution < 1.29 is 14.9 Å². The van der Waals surface area contributed by atoms with Gasteiger partial charge in [-0.3, -0.25) is 0 Å². The molecule has 0 bridgehead atoms. The zero-order valence-electron chi connectivity index (χ0n) is 7.03. The van der Waals surface area contributed by atoms with Crippen LogP contribution in [0.5, 0.6) is 5.75 Å². The van der Waals surface area contributed by atoms with Gasteiger partial charge in [0.25, 0.3) is 0 Å². The first-order valence-electron chi connectivity index (χ1n) is 3.91. The summed E-state index contributed by atoms with van der Waals surface area (Å²) in [5.41, 5.74) is 0.719. The molecule has 13 heavy (non-hydrogen) atoms. The smallest absolute Gasteiger partial charge is 0.126 e. The van der Waals surface area contributed by atoms with Crippen molar-refractivity contribution in [1.29, 1.82) is 0 Å². The average Bonchev–Trinajstić information content (AvgIpc) is 2.15. The van der Waals surface area contributed by atoms with Gasteiger partial charge in [0.2, 0.25) is 0 Å². The van der Waals surface area contributed by atoms with Gasteiger partial charge in [-0.25, -0.2) is 0 Å². The van der Waals surface area contributed by atoms with Gasteiger partial charge in [-0.15, -0.1) is 0 Å². The van der Waals surface area contributed by atoms with Crippen LogP contribution in [0.15, 0.2) is 22.7 Å². The summed E-state index contributed by atoms with van der Waals surface area (Å²) in [4.78, 5) is 0. The molecule has 0 radical (unpaired) electrons. The molecule has 0 saturated heterocycles. The van der Waals surface area contributed by atoms with Crippen molar-refractivity contribution in [2.75, 3.05) is 13.2 Å². The number of benzene rings is 1. The molecular weight excluding hydrogens is 236 g/mol. The fourth-order valence-electron chi connectivity index (χ4n) is 0.949. The molecule has 0 fully saturated rings. The second-order valence-corrected chi connectivity index (χ2v) is 3.40. The second-order valence-electron chi connectivity index (χ2n) is 2.48. The first kappa shape index (κ1) is 10.5. The van der Waals surface area contributed by atoms with Crippen LogP contribution in [-0.2, 0) is 6.61 Å². The Morgan fingerprint density at radius 1 is 1.31 bits per heavy atom. The Morgan fingerprint density at radius 3 is 2.69 bits per heavy atom. The molecule has 3 nitrogen and oxygen atoms in total. The number of rotatable bonds is 4. The molecule has 2 N–H and O–H groups in total. The van der Waals surface area contributed by atoms with Crippen molar-refractivity contribution in [3.8, 4) is 5.75 Å². The van der Waals surface area contributed by atoms with Crippen LogP contribution in [-0.4, -0.2) is 23.4 Å². The zero-order chi connectivity index (χ0) is 9.68. The highest BCUT2D eigenvalue weighted by Crippen LogP contribution is 2.23. The number of hydrogen-bond acceptors (Lipinski definition) is 3. The Morgan fingerprint density at radius 2 is 2.08 bits per heavy atom. The predicted molar refractivity (Wildman–Crippen MR) is 52.6 cm³/mol. The van der Waals surface area contributed by atoms with E-state index in [1.54, 1.807) is 12.1 Å². The molecule has 0 aromatic heterocycles. The molecule has 1 aromatic rings. The molecule has 0 heterocycles. The van der Waals surface area contributed by atoms with Crippen LogP contribution in [0.2, 0.25) is 0 Å². The highest BCUT2D eigenvalue weighted by molar-refractivity contribution is 9.10. The van der Waals surface area contributed by atoms with Crippen LogP contribution in [0.25, 0.3) is 0 Å². The van der Waals surface area contributed by atoms with Crippen molar-refractivity contribution in [1.82, 2.24) is 0 Å². The summed E-state index contributed by atoms with van der Waals surface area (Å²) in [6.07, 6.45) is 0. The summed E-state index contributed by atoms with van der Waals surface area (Å²) in [6, 6.07) is 5.37. The van der Waals surface area contributed by atoms with Crippen LogP contribution in [0.1, 0.15) is 5.56 Å². The fraction of sp³-hybridized carbons (Fsp3) is 0.333. The Bertz CT molecular complexity index is 276. The number of aliphatic hydroxyl groups is 2. The van der Waals surface area contributed by atoms with Gasteiger partial charge in [-0.05, 0) is 12.1 Å². The molecular formula is C9H11BrO3. The van der Waals surface area contributed by atoms with Crippen molar-refractivity contribution in [3.05, 3.63) is 28.2 Å². The number of aliphatic hydroxyl groups excluding tert-OH is 2. The first-order chi connectivity index (χ1) is 6.27. The lowest BCUT2D eigenvalue weighted by Crippen LogP contribution is -2.03. The average molecular weight is 247 g/mol. The standard InChI is InChI=1S/C9H11BrO3/c10-8-2-1-7(6-12)9(5-8)13-4-3-11/h1-2,5,11-12H,3-4,6H2. The predicted octanol–water partition coefficient (Wildman–Crippen LogP) is 1.31. The van der Waals surface area contributed by atoms with Crippen molar-refractivity contribution in [2.45, 2.75) is 6.61 Å². The van der Waals surface area contributed by atoms with Gasteiger partial charge in [0.15, 0.2) is 0 Å². The van der Waals surface area contributed by atoms with Gasteiger partial charge in [0.1, 0.15) is 12.4 Å². The minimum Gasteiger partial charge on any atom is -0.491 e. The molecule has 0 atom stereocenters. The maximum absolute atomic E-state index is 8.95. The van der Waals surface area contributed by atoms with Crippen LogP contribution < -0.4 is 4.74 Å². The van der Waals surface area contributed by atoms with Gasteiger partial charge in [-0.2, -0.15) is 0 Å². The minimum absolute atomic E-state index is 0.0304. The van der Waals surface area contributed by atoms with E-state index in [2.05, 4.69) is 15.9 Å². The number of hydrogen-bond donors (Lipinski definition) is 2. The van der Waals surface area contributed by atoms with Gasteiger partial charge in [0, 0.05) is 10.0 Å². The van der Waals surface area contributed by atoms with Gasteiger partial charge in [0.05, 0.1) is 13.2 Å². The number of ether oxygens (including phenoxy) is 1. The SMILES string of the molecule is OCCOc1cc(Br)ccc1CO. The third-order valence-corrected chi connectivity index (χ3v) is 2.04. The van der Waals surface area contributed by atoms with Crippen LogP contribution in [0.4, 0.5) is 0 Å². The summed E-state index contributed by atoms with van der Waals surface area (Å²) in [5, 5.41) is 17.5. The largest absolute Gasteiger partial charge is 0.491 e. The third-order valence-electron chi connectivity index (χ3n) is 1.55. The van der Waals surface area contributed by atoms with E-state index in [1.807, 2.05) is 6.07 Å².